The van der Waals surface area contributed by atoms with Crippen molar-refractivity contribution >= 4 is 72.4 Å². The van der Waals surface area contributed by atoms with Crippen LogP contribution in [0.3, 0.4) is 0 Å². The van der Waals surface area contributed by atoms with Gasteiger partial charge in [0.15, 0.2) is 0 Å². The first-order valence-corrected chi connectivity index (χ1v) is 30.4. The van der Waals surface area contributed by atoms with Gasteiger partial charge in [0.25, 0.3) is 0 Å². The van der Waals surface area contributed by atoms with Crippen LogP contribution in [0.15, 0.2) is 158 Å². The molecule has 4 rings (SSSR count). The van der Waals surface area contributed by atoms with Crippen LogP contribution in [0.25, 0.3) is 0 Å². The van der Waals surface area contributed by atoms with Gasteiger partial charge in [-0.3, -0.25) is 0 Å². The Bertz CT molecular complexity index is 1880. The van der Waals surface area contributed by atoms with E-state index in [2.05, 4.69) is 75.8 Å². The van der Waals surface area contributed by atoms with E-state index in [9.17, 15) is 14.4 Å². The predicted octanol–water partition coefficient (Wildman–Crippen LogP) is 7.86. The Hall–Kier alpha value is -4.74. The number of hydrogen-bond acceptors (Lipinski definition) is 9. The molecule has 324 valence electrons. The van der Waals surface area contributed by atoms with Crippen molar-refractivity contribution in [1.29, 1.82) is 0 Å². The minimum absolute atomic E-state index is 0.199. The standard InChI is InChI=1S/C48H62O9Si4/c1-39(2)46(49)52-33-22-36-58(7,42-25-14-10-15-26-42)55-61(45-31-20-13-21-32-45,56-59(8,43-27-16-11-17-28-43)37-23-34-53-47(50)40(3)4)57-60(9,44-29-18-12-19-30-44)38-24-35-54-48(51)41(5)6/h10-21,25-32H,1,3,5,22-24,33-38H2,2,4,6-9H3. The number of hydrogen-bond donors (Lipinski definition) is 0. The normalized spacial score (nSPS) is 15.1. The van der Waals surface area contributed by atoms with E-state index in [0.717, 1.165) is 20.7 Å². The predicted molar refractivity (Wildman–Crippen MR) is 254 cm³/mol. The highest BCUT2D eigenvalue weighted by molar-refractivity contribution is 7.03. The van der Waals surface area contributed by atoms with Crippen LogP contribution in [0.2, 0.25) is 37.8 Å². The molecule has 9 nitrogen and oxygen atoms in total. The zero-order valence-electron chi connectivity index (χ0n) is 36.7. The molecule has 13 heteroatoms. The Kier molecular flexibility index (Phi) is 18.4. The van der Waals surface area contributed by atoms with Gasteiger partial charge in [-0.25, -0.2) is 14.4 Å². The zero-order valence-corrected chi connectivity index (χ0v) is 40.7. The van der Waals surface area contributed by atoms with Crippen molar-refractivity contribution < 1.29 is 40.9 Å². The maximum atomic E-state index is 12.5. The number of carbonyl (C=O) groups is 3. The van der Waals surface area contributed by atoms with Crippen LogP contribution in [0.4, 0.5) is 0 Å². The van der Waals surface area contributed by atoms with Gasteiger partial charge in [0.1, 0.15) is 0 Å². The maximum Gasteiger partial charge on any atom is 0.506 e. The van der Waals surface area contributed by atoms with Crippen LogP contribution in [-0.2, 0) is 40.9 Å². The topological polar surface area (TPSA) is 107 Å². The highest BCUT2D eigenvalue weighted by Gasteiger charge is 2.58. The molecule has 0 saturated carbocycles. The van der Waals surface area contributed by atoms with Crippen LogP contribution in [-0.4, -0.2) is 71.5 Å². The monoisotopic (exact) mass is 894 g/mol. The molecule has 3 unspecified atom stereocenters. The van der Waals surface area contributed by atoms with Crippen molar-refractivity contribution in [2.75, 3.05) is 19.8 Å². The van der Waals surface area contributed by atoms with Crippen molar-refractivity contribution in [3.05, 3.63) is 158 Å². The van der Waals surface area contributed by atoms with E-state index < -0.39 is 51.7 Å². The fraction of sp³-hybridized carbons (Fsp3) is 0.312. The highest BCUT2D eigenvalue weighted by Crippen LogP contribution is 2.32. The summed E-state index contributed by atoms with van der Waals surface area (Å²) >= 11 is 0. The van der Waals surface area contributed by atoms with Crippen LogP contribution in [0.5, 0.6) is 0 Å². The van der Waals surface area contributed by atoms with Gasteiger partial charge in [-0.2, -0.15) is 0 Å². The summed E-state index contributed by atoms with van der Waals surface area (Å²) in [6.07, 6.45) is 1.62. The van der Waals surface area contributed by atoms with Gasteiger partial charge in [-0.05, 0) is 93.4 Å². The summed E-state index contributed by atoms with van der Waals surface area (Å²) in [6.45, 7) is 23.3. The number of esters is 3. The molecule has 0 aliphatic carbocycles. The minimum Gasteiger partial charge on any atom is -0.462 e. The second-order valence-corrected chi connectivity index (χ2v) is 30.8. The molecule has 0 heterocycles. The molecule has 0 aliphatic rings. The van der Waals surface area contributed by atoms with E-state index in [4.69, 9.17) is 26.6 Å². The smallest absolute Gasteiger partial charge is 0.462 e. The molecule has 0 aliphatic heterocycles. The second-order valence-electron chi connectivity index (χ2n) is 16.1. The van der Waals surface area contributed by atoms with Crippen molar-refractivity contribution in [2.24, 2.45) is 0 Å². The number of carbonyl (C=O) groups excluding carboxylic acids is 3. The molecule has 0 saturated heterocycles. The van der Waals surface area contributed by atoms with E-state index in [0.29, 0.717) is 54.1 Å². The van der Waals surface area contributed by atoms with Crippen molar-refractivity contribution in [1.82, 2.24) is 0 Å². The van der Waals surface area contributed by atoms with Crippen molar-refractivity contribution in [3.8, 4) is 0 Å². The average Bonchev–Trinajstić information content (AvgIpc) is 3.26. The lowest BCUT2D eigenvalue weighted by Gasteiger charge is -2.47. The molecule has 0 N–H and O–H groups in total. The van der Waals surface area contributed by atoms with Gasteiger partial charge in [-0.1, -0.05) is 141 Å². The first kappa shape index (κ1) is 48.9. The molecule has 0 radical (unpaired) electrons. The zero-order chi connectivity index (χ0) is 44.5. The molecule has 4 aromatic rings. The molecular weight excluding hydrogens is 833 g/mol. The highest BCUT2D eigenvalue weighted by atomic mass is 28.5. The Labute approximate surface area is 367 Å². The second kappa shape index (κ2) is 22.9. The SMILES string of the molecule is C=C(C)C(=O)OCCC[Si](C)(O[Si](O[Si](C)(CCCOC(=O)C(=C)C)c1ccccc1)(O[Si](C)(CCCOC(=O)C(=C)C)c1ccccc1)c1ccccc1)c1ccccc1. The molecule has 0 amide bonds. The molecule has 0 fully saturated rings. The van der Waals surface area contributed by atoms with Gasteiger partial charge >= 0.3 is 26.7 Å². The molecule has 3 atom stereocenters. The molecule has 61 heavy (non-hydrogen) atoms. The first-order chi connectivity index (χ1) is 29.0. The summed E-state index contributed by atoms with van der Waals surface area (Å²) in [5.41, 5.74) is 1.03. The van der Waals surface area contributed by atoms with Crippen LogP contribution in [0.1, 0.15) is 40.0 Å². The van der Waals surface area contributed by atoms with Crippen LogP contribution < -0.4 is 20.7 Å². The van der Waals surface area contributed by atoms with Gasteiger partial charge in [-0.15, -0.1) is 0 Å². The third-order valence-corrected chi connectivity index (χ3v) is 28.8. The van der Waals surface area contributed by atoms with Crippen molar-refractivity contribution in [3.63, 3.8) is 0 Å². The van der Waals surface area contributed by atoms with E-state index in [1.165, 1.54) is 0 Å². The van der Waals surface area contributed by atoms with Crippen LogP contribution >= 0.6 is 0 Å². The Balaban J connectivity index is 1.95. The molecule has 0 bridgehead atoms. The van der Waals surface area contributed by atoms with Crippen LogP contribution in [0, 0.1) is 0 Å². The van der Waals surface area contributed by atoms with Gasteiger partial charge in [0.2, 0.25) is 25.0 Å². The average molecular weight is 895 g/mol. The quantitative estimate of drug-likeness (QED) is 0.0216. The lowest BCUT2D eigenvalue weighted by atomic mass is 10.4. The van der Waals surface area contributed by atoms with Gasteiger partial charge in [0, 0.05) is 21.9 Å². The Morgan fingerprint density at radius 3 is 0.869 bits per heavy atom. The summed E-state index contributed by atoms with van der Waals surface area (Å²) in [7, 11) is -13.4. The minimum atomic E-state index is -4.11. The van der Waals surface area contributed by atoms with E-state index in [-0.39, 0.29) is 19.8 Å². The van der Waals surface area contributed by atoms with Gasteiger partial charge < -0.3 is 26.6 Å². The molecule has 0 aromatic heterocycles. The summed E-state index contributed by atoms with van der Waals surface area (Å²) in [6, 6.07) is 42.5. The molecule has 0 spiro atoms. The summed E-state index contributed by atoms with van der Waals surface area (Å²) in [5, 5.41) is 3.97. The Morgan fingerprint density at radius 2 is 0.639 bits per heavy atom. The molecular formula is C48H62O9Si4. The third-order valence-electron chi connectivity index (χ3n) is 10.5. The van der Waals surface area contributed by atoms with Crippen molar-refractivity contribution in [2.45, 2.75) is 77.8 Å². The third kappa shape index (κ3) is 14.1. The van der Waals surface area contributed by atoms with E-state index in [1.54, 1.807) is 20.8 Å². The van der Waals surface area contributed by atoms with E-state index in [1.807, 2.05) is 84.9 Å². The summed E-state index contributed by atoms with van der Waals surface area (Å²) in [4.78, 5) is 37.4. The number of benzene rings is 4. The summed E-state index contributed by atoms with van der Waals surface area (Å²) < 4.78 is 40.8. The fourth-order valence-corrected chi connectivity index (χ4v) is 26.4. The van der Waals surface area contributed by atoms with E-state index >= 15 is 0 Å². The maximum absolute atomic E-state index is 12.5. The molecule has 4 aromatic carbocycles. The number of ether oxygens (including phenoxy) is 3. The van der Waals surface area contributed by atoms with Gasteiger partial charge in [0.05, 0.1) is 19.8 Å². The lowest BCUT2D eigenvalue weighted by Crippen LogP contribution is -2.74. The first-order valence-electron chi connectivity index (χ1n) is 20.8. The fourth-order valence-electron chi connectivity index (χ4n) is 7.00. The lowest BCUT2D eigenvalue weighted by molar-refractivity contribution is -0.139. The Morgan fingerprint density at radius 1 is 0.410 bits per heavy atom. The summed E-state index contributed by atoms with van der Waals surface area (Å²) in [5.74, 6) is -1.29. The largest absolute Gasteiger partial charge is 0.506 e. The number of rotatable bonds is 25.